The first-order valence-electron chi connectivity index (χ1n) is 6.69. The summed E-state index contributed by atoms with van der Waals surface area (Å²) in [4.78, 5) is 12.3. The molecule has 0 N–H and O–H groups in total. The standard InChI is InChI=1S/C14H17ClN4/c15-13-4-2-1-3-12(13)5-16-14-6-17-9-18(7-14)11-19(8-14)10-17/h1-5H,6-11H2. The smallest absolute Gasteiger partial charge is 0.0989 e. The highest BCUT2D eigenvalue weighted by Gasteiger charge is 2.48. The first-order valence-corrected chi connectivity index (χ1v) is 7.07. The summed E-state index contributed by atoms with van der Waals surface area (Å²) in [5.41, 5.74) is 1.05. The molecular formula is C14H17ClN4. The van der Waals surface area contributed by atoms with Gasteiger partial charge in [0.15, 0.2) is 0 Å². The average molecular weight is 277 g/mol. The summed E-state index contributed by atoms with van der Waals surface area (Å²) in [5.74, 6) is 0. The number of aliphatic imine (C=N–C) groups is 1. The minimum Gasteiger partial charge on any atom is -0.282 e. The Bertz CT molecular complexity index is 493. The number of halogens is 1. The SMILES string of the molecule is Clc1ccccc1C=NC12CN3CN(CN(C3)C1)C2. The molecule has 5 rings (SSSR count). The third-order valence-corrected chi connectivity index (χ3v) is 4.48. The molecule has 4 fully saturated rings. The molecule has 0 atom stereocenters. The Hall–Kier alpha value is -0.940. The summed E-state index contributed by atoms with van der Waals surface area (Å²) in [5, 5.41) is 0.775. The quantitative estimate of drug-likeness (QED) is 0.761. The Morgan fingerprint density at radius 2 is 1.58 bits per heavy atom. The summed E-state index contributed by atoms with van der Waals surface area (Å²) in [6.07, 6.45) is 1.96. The van der Waals surface area contributed by atoms with Gasteiger partial charge in [-0.25, -0.2) is 0 Å². The second-order valence-electron chi connectivity index (χ2n) is 5.92. The van der Waals surface area contributed by atoms with Crippen molar-refractivity contribution < 1.29 is 0 Å². The molecule has 4 bridgehead atoms. The molecule has 0 spiro atoms. The van der Waals surface area contributed by atoms with E-state index in [1.54, 1.807) is 0 Å². The van der Waals surface area contributed by atoms with Crippen molar-refractivity contribution in [2.75, 3.05) is 39.6 Å². The van der Waals surface area contributed by atoms with Gasteiger partial charge in [-0.1, -0.05) is 29.8 Å². The Morgan fingerprint density at radius 3 is 2.16 bits per heavy atom. The molecule has 0 radical (unpaired) electrons. The summed E-state index contributed by atoms with van der Waals surface area (Å²) in [7, 11) is 0. The number of benzene rings is 1. The van der Waals surface area contributed by atoms with Gasteiger partial charge in [0, 0.05) is 36.4 Å². The van der Waals surface area contributed by atoms with Crippen LogP contribution in [0.25, 0.3) is 0 Å². The molecule has 4 heterocycles. The molecule has 0 amide bonds. The lowest BCUT2D eigenvalue weighted by atomic mass is 9.91. The van der Waals surface area contributed by atoms with Crippen LogP contribution < -0.4 is 0 Å². The molecule has 5 heteroatoms. The molecule has 100 valence electrons. The molecule has 0 unspecified atom stereocenters. The van der Waals surface area contributed by atoms with Gasteiger partial charge in [-0.3, -0.25) is 19.7 Å². The van der Waals surface area contributed by atoms with Gasteiger partial charge in [-0.05, 0) is 6.07 Å². The van der Waals surface area contributed by atoms with Crippen molar-refractivity contribution >= 4 is 17.8 Å². The number of hydrogen-bond donors (Lipinski definition) is 0. The molecule has 19 heavy (non-hydrogen) atoms. The highest BCUT2D eigenvalue weighted by atomic mass is 35.5. The number of rotatable bonds is 2. The lowest BCUT2D eigenvalue weighted by Crippen LogP contribution is -2.75. The zero-order chi connectivity index (χ0) is 12.9. The molecule has 1 aromatic carbocycles. The Labute approximate surface area is 118 Å². The molecule has 0 saturated carbocycles. The number of hydrogen-bond acceptors (Lipinski definition) is 4. The highest BCUT2D eigenvalue weighted by Crippen LogP contribution is 2.31. The lowest BCUT2D eigenvalue weighted by Gasteiger charge is -2.59. The predicted octanol–water partition coefficient (Wildman–Crippen LogP) is 1.32. The van der Waals surface area contributed by atoms with Crippen LogP contribution in [0.1, 0.15) is 5.56 Å². The lowest BCUT2D eigenvalue weighted by molar-refractivity contribution is -0.139. The van der Waals surface area contributed by atoms with E-state index in [-0.39, 0.29) is 5.54 Å². The van der Waals surface area contributed by atoms with E-state index in [0.29, 0.717) is 0 Å². The van der Waals surface area contributed by atoms with E-state index >= 15 is 0 Å². The van der Waals surface area contributed by atoms with Gasteiger partial charge >= 0.3 is 0 Å². The zero-order valence-corrected chi connectivity index (χ0v) is 11.6. The molecule has 0 aliphatic carbocycles. The van der Waals surface area contributed by atoms with E-state index in [2.05, 4.69) is 14.7 Å². The molecule has 4 nitrogen and oxygen atoms in total. The van der Waals surface area contributed by atoms with Crippen molar-refractivity contribution in [1.29, 1.82) is 0 Å². The first-order chi connectivity index (χ1) is 9.22. The van der Waals surface area contributed by atoms with E-state index in [9.17, 15) is 0 Å². The third-order valence-electron chi connectivity index (χ3n) is 4.14. The zero-order valence-electron chi connectivity index (χ0n) is 10.8. The summed E-state index contributed by atoms with van der Waals surface area (Å²) < 4.78 is 0. The maximum Gasteiger partial charge on any atom is 0.0989 e. The van der Waals surface area contributed by atoms with Crippen LogP contribution >= 0.6 is 11.6 Å². The fourth-order valence-electron chi connectivity index (χ4n) is 3.59. The Kier molecular flexibility index (Phi) is 2.67. The van der Waals surface area contributed by atoms with E-state index in [1.807, 2.05) is 30.5 Å². The van der Waals surface area contributed by atoms with Crippen LogP contribution in [0.4, 0.5) is 0 Å². The summed E-state index contributed by atoms with van der Waals surface area (Å²) >= 11 is 6.19. The molecule has 0 aromatic heterocycles. The van der Waals surface area contributed by atoms with Crippen molar-refractivity contribution in [3.8, 4) is 0 Å². The van der Waals surface area contributed by atoms with Crippen LogP contribution in [0.2, 0.25) is 5.02 Å². The minimum absolute atomic E-state index is 0.0356. The summed E-state index contributed by atoms with van der Waals surface area (Å²) in [6, 6.07) is 7.89. The first kappa shape index (κ1) is 11.9. The fraction of sp³-hybridized carbons (Fsp3) is 0.500. The fourth-order valence-corrected chi connectivity index (χ4v) is 3.77. The molecule has 4 aliphatic rings. The topological polar surface area (TPSA) is 22.1 Å². The van der Waals surface area contributed by atoms with Gasteiger partial charge < -0.3 is 0 Å². The van der Waals surface area contributed by atoms with Crippen molar-refractivity contribution in [3.63, 3.8) is 0 Å². The van der Waals surface area contributed by atoms with Crippen molar-refractivity contribution in [3.05, 3.63) is 34.9 Å². The minimum atomic E-state index is 0.0356. The Morgan fingerprint density at radius 1 is 1.00 bits per heavy atom. The molecule has 1 aromatic rings. The predicted molar refractivity (Wildman–Crippen MR) is 76.5 cm³/mol. The normalized spacial score (nSPS) is 40.2. The van der Waals surface area contributed by atoms with E-state index in [1.165, 1.54) is 0 Å². The van der Waals surface area contributed by atoms with Crippen LogP contribution in [0.5, 0.6) is 0 Å². The maximum atomic E-state index is 6.19. The van der Waals surface area contributed by atoms with Gasteiger partial charge in [0.2, 0.25) is 0 Å². The van der Waals surface area contributed by atoms with Crippen LogP contribution in [0.15, 0.2) is 29.3 Å². The third kappa shape index (κ3) is 2.09. The van der Waals surface area contributed by atoms with E-state index < -0.39 is 0 Å². The van der Waals surface area contributed by atoms with Gasteiger partial charge in [0.25, 0.3) is 0 Å². The van der Waals surface area contributed by atoms with E-state index in [0.717, 1.165) is 50.2 Å². The van der Waals surface area contributed by atoms with Gasteiger partial charge in [0.1, 0.15) is 0 Å². The molecule has 4 aliphatic heterocycles. The monoisotopic (exact) mass is 276 g/mol. The number of nitrogens with zero attached hydrogens (tertiary/aromatic N) is 4. The van der Waals surface area contributed by atoms with Crippen LogP contribution in [0, 0.1) is 0 Å². The van der Waals surface area contributed by atoms with Crippen LogP contribution in [-0.4, -0.2) is 66.1 Å². The van der Waals surface area contributed by atoms with Crippen molar-refractivity contribution in [2.45, 2.75) is 5.54 Å². The Balaban J connectivity index is 1.61. The highest BCUT2D eigenvalue weighted by molar-refractivity contribution is 6.33. The van der Waals surface area contributed by atoms with E-state index in [4.69, 9.17) is 16.6 Å². The largest absolute Gasteiger partial charge is 0.282 e. The van der Waals surface area contributed by atoms with Gasteiger partial charge in [-0.2, -0.15) is 0 Å². The second-order valence-corrected chi connectivity index (χ2v) is 6.32. The van der Waals surface area contributed by atoms with Gasteiger partial charge in [-0.15, -0.1) is 0 Å². The van der Waals surface area contributed by atoms with Crippen molar-refractivity contribution in [1.82, 2.24) is 14.7 Å². The van der Waals surface area contributed by atoms with Crippen LogP contribution in [0.3, 0.4) is 0 Å². The van der Waals surface area contributed by atoms with Crippen molar-refractivity contribution in [2.24, 2.45) is 4.99 Å². The van der Waals surface area contributed by atoms with Crippen LogP contribution in [-0.2, 0) is 0 Å². The maximum absolute atomic E-state index is 6.19. The summed E-state index contributed by atoms with van der Waals surface area (Å²) in [6.45, 7) is 6.50. The van der Waals surface area contributed by atoms with Gasteiger partial charge in [0.05, 0.1) is 25.5 Å². The molecular weight excluding hydrogens is 260 g/mol. The average Bonchev–Trinajstić information content (AvgIpc) is 2.36. The second kappa shape index (κ2) is 4.28. The molecule has 4 saturated heterocycles.